The monoisotopic (exact) mass is 417 g/mol. The van der Waals surface area contributed by atoms with Gasteiger partial charge in [-0.2, -0.15) is 0 Å². The van der Waals surface area contributed by atoms with Crippen LogP contribution in [-0.2, 0) is 14.8 Å². The van der Waals surface area contributed by atoms with E-state index in [1.807, 2.05) is 0 Å². The fourth-order valence-corrected chi connectivity index (χ4v) is 7.53. The Hall–Kier alpha value is -2.09. The van der Waals surface area contributed by atoms with Crippen molar-refractivity contribution < 1.29 is 18.0 Å². The number of hydrogen-bond donors (Lipinski definition) is 3. The average Bonchev–Trinajstić information content (AvgIpc) is 3.49. The lowest BCUT2D eigenvalue weighted by Crippen LogP contribution is -2.62. The normalized spacial score (nSPS) is 35.3. The van der Waals surface area contributed by atoms with Gasteiger partial charge in [0.15, 0.2) is 0 Å². The van der Waals surface area contributed by atoms with Gasteiger partial charge in [0.2, 0.25) is 15.9 Å². The Morgan fingerprint density at radius 3 is 2.38 bits per heavy atom. The van der Waals surface area contributed by atoms with E-state index in [-0.39, 0.29) is 40.4 Å². The molecule has 0 heterocycles. The van der Waals surface area contributed by atoms with Crippen molar-refractivity contribution in [2.75, 3.05) is 4.72 Å². The van der Waals surface area contributed by atoms with E-state index < -0.39 is 10.0 Å². The van der Waals surface area contributed by atoms with Gasteiger partial charge in [-0.3, -0.25) is 14.3 Å². The molecule has 156 valence electrons. The quantitative estimate of drug-likeness (QED) is 0.656. The van der Waals surface area contributed by atoms with E-state index >= 15 is 0 Å². The van der Waals surface area contributed by atoms with Crippen molar-refractivity contribution in [2.45, 2.75) is 56.2 Å². The van der Waals surface area contributed by atoms with Gasteiger partial charge in [0.1, 0.15) is 0 Å². The highest BCUT2D eigenvalue weighted by atomic mass is 32.2. The minimum absolute atomic E-state index is 0.0540. The second-order valence-electron chi connectivity index (χ2n) is 9.54. The summed E-state index contributed by atoms with van der Waals surface area (Å²) in [7, 11) is -3.36. The van der Waals surface area contributed by atoms with E-state index in [1.165, 1.54) is 0 Å². The Balaban J connectivity index is 1.30. The zero-order chi connectivity index (χ0) is 20.4. The fraction of sp³-hybridized carbons (Fsp3) is 0.619. The van der Waals surface area contributed by atoms with E-state index in [2.05, 4.69) is 10.0 Å². The van der Waals surface area contributed by atoms with Crippen LogP contribution in [0.25, 0.3) is 0 Å². The Morgan fingerprint density at radius 1 is 1.07 bits per heavy atom. The second kappa shape index (κ2) is 6.45. The van der Waals surface area contributed by atoms with E-state index in [4.69, 9.17) is 5.73 Å². The van der Waals surface area contributed by atoms with Crippen LogP contribution >= 0.6 is 0 Å². The smallest absolute Gasteiger partial charge is 0.251 e. The molecule has 5 aliphatic rings. The van der Waals surface area contributed by atoms with Crippen molar-refractivity contribution in [1.29, 1.82) is 0 Å². The molecule has 0 saturated heterocycles. The summed E-state index contributed by atoms with van der Waals surface area (Å²) in [5.74, 6) is 0.734. The third-order valence-corrected chi connectivity index (χ3v) is 9.31. The summed E-state index contributed by atoms with van der Waals surface area (Å²) < 4.78 is 26.9. The first-order chi connectivity index (χ1) is 13.8. The first kappa shape index (κ1) is 18.9. The number of sulfonamides is 1. The molecule has 5 saturated carbocycles. The number of anilines is 1. The molecule has 0 aromatic heterocycles. The average molecular weight is 418 g/mol. The summed E-state index contributed by atoms with van der Waals surface area (Å²) in [6.45, 7) is 0. The van der Waals surface area contributed by atoms with Crippen LogP contribution < -0.4 is 15.8 Å². The lowest BCUT2D eigenvalue weighted by molar-refractivity contribution is -0.145. The summed E-state index contributed by atoms with van der Waals surface area (Å²) in [5, 5.41) is 2.88. The molecule has 2 atom stereocenters. The highest BCUT2D eigenvalue weighted by Gasteiger charge is 2.58. The molecule has 1 aromatic rings. The number of hydrogen-bond acceptors (Lipinski definition) is 4. The number of carbonyl (C=O) groups is 2. The molecule has 0 radical (unpaired) electrons. The standard InChI is InChI=1S/C21H27N3O4S/c22-20(26)21-9-12-6-14(10-21)18(15(7-12)11-21)23-19(25)13-2-1-3-16(8-13)24-29(27,28)17-4-5-17/h1-3,8,12,14-15,17-18,24H,4-7,9-11H2,(H2,22,26)(H,23,25). The molecule has 8 heteroatoms. The van der Waals surface area contributed by atoms with Crippen molar-refractivity contribution >= 4 is 27.5 Å². The predicted molar refractivity (Wildman–Crippen MR) is 108 cm³/mol. The molecule has 5 fully saturated rings. The number of nitrogens with one attached hydrogen (secondary N) is 2. The van der Waals surface area contributed by atoms with Crippen LogP contribution in [-0.4, -0.2) is 31.5 Å². The largest absolute Gasteiger partial charge is 0.369 e. The molecule has 0 spiro atoms. The zero-order valence-electron chi connectivity index (χ0n) is 16.3. The van der Waals surface area contributed by atoms with Gasteiger partial charge in [0.05, 0.1) is 5.25 Å². The number of benzene rings is 1. The van der Waals surface area contributed by atoms with Crippen LogP contribution in [0.3, 0.4) is 0 Å². The predicted octanol–water partition coefficient (Wildman–Crippen LogP) is 2.00. The van der Waals surface area contributed by atoms with Crippen molar-refractivity contribution in [1.82, 2.24) is 5.32 Å². The number of nitrogens with two attached hydrogens (primary N) is 1. The van der Waals surface area contributed by atoms with Gasteiger partial charge in [0, 0.05) is 22.7 Å². The maximum atomic E-state index is 12.9. The van der Waals surface area contributed by atoms with E-state index in [1.54, 1.807) is 24.3 Å². The van der Waals surface area contributed by atoms with Crippen molar-refractivity contribution in [3.05, 3.63) is 29.8 Å². The van der Waals surface area contributed by atoms with Crippen LogP contribution in [0.4, 0.5) is 5.69 Å². The summed E-state index contributed by atoms with van der Waals surface area (Å²) in [4.78, 5) is 25.0. The van der Waals surface area contributed by atoms with Crippen LogP contribution in [0.1, 0.15) is 55.3 Å². The Labute approximate surface area is 170 Å². The molecule has 4 bridgehead atoms. The highest BCUT2D eigenvalue weighted by Crippen LogP contribution is 2.59. The molecular formula is C21H27N3O4S. The molecule has 2 amide bonds. The SMILES string of the molecule is NC(=O)C12CC3CC(C1)C(NC(=O)c1cccc(NS(=O)(=O)C4CC4)c1)C(C3)C2. The first-order valence-electron chi connectivity index (χ1n) is 10.5. The molecule has 7 nitrogen and oxygen atoms in total. The molecule has 2 unspecified atom stereocenters. The van der Waals surface area contributed by atoms with Gasteiger partial charge < -0.3 is 11.1 Å². The highest BCUT2D eigenvalue weighted by molar-refractivity contribution is 7.93. The van der Waals surface area contributed by atoms with Crippen LogP contribution in [0.15, 0.2) is 24.3 Å². The Bertz CT molecular complexity index is 956. The summed E-state index contributed by atoms with van der Waals surface area (Å²) in [6, 6.07) is 6.70. The Morgan fingerprint density at radius 2 is 1.76 bits per heavy atom. The topological polar surface area (TPSA) is 118 Å². The second-order valence-corrected chi connectivity index (χ2v) is 11.5. The van der Waals surface area contributed by atoms with Gasteiger partial charge in [-0.25, -0.2) is 8.42 Å². The maximum Gasteiger partial charge on any atom is 0.251 e. The number of carbonyl (C=O) groups excluding carboxylic acids is 2. The van der Waals surface area contributed by atoms with Crippen LogP contribution in [0, 0.1) is 23.2 Å². The zero-order valence-corrected chi connectivity index (χ0v) is 17.1. The van der Waals surface area contributed by atoms with Gasteiger partial charge >= 0.3 is 0 Å². The van der Waals surface area contributed by atoms with Gasteiger partial charge in [0.25, 0.3) is 5.91 Å². The minimum Gasteiger partial charge on any atom is -0.369 e. The fourth-order valence-electron chi connectivity index (χ4n) is 6.15. The van der Waals surface area contributed by atoms with Crippen molar-refractivity contribution in [3.8, 4) is 0 Å². The molecule has 1 aromatic carbocycles. The van der Waals surface area contributed by atoms with E-state index in [9.17, 15) is 18.0 Å². The van der Waals surface area contributed by atoms with Gasteiger partial charge in [-0.1, -0.05) is 6.07 Å². The van der Waals surface area contributed by atoms with E-state index in [0.717, 1.165) is 32.1 Å². The van der Waals surface area contributed by atoms with Crippen molar-refractivity contribution in [2.24, 2.45) is 28.9 Å². The van der Waals surface area contributed by atoms with Crippen LogP contribution in [0.5, 0.6) is 0 Å². The number of amides is 2. The van der Waals surface area contributed by atoms with Gasteiger partial charge in [-0.05, 0) is 80.9 Å². The Kier molecular flexibility index (Phi) is 4.21. The summed E-state index contributed by atoms with van der Waals surface area (Å²) >= 11 is 0. The molecule has 5 aliphatic carbocycles. The van der Waals surface area contributed by atoms with Crippen molar-refractivity contribution in [3.63, 3.8) is 0 Å². The lowest BCUT2D eigenvalue weighted by atomic mass is 9.47. The first-order valence-corrected chi connectivity index (χ1v) is 12.0. The molecule has 29 heavy (non-hydrogen) atoms. The third kappa shape index (κ3) is 3.31. The minimum atomic E-state index is -3.36. The van der Waals surface area contributed by atoms with Gasteiger partial charge in [-0.15, -0.1) is 0 Å². The summed E-state index contributed by atoms with van der Waals surface area (Å²) in [6.07, 6.45) is 5.89. The summed E-state index contributed by atoms with van der Waals surface area (Å²) in [5.41, 5.74) is 6.23. The third-order valence-electron chi connectivity index (χ3n) is 7.44. The number of rotatable bonds is 6. The molecule has 0 aliphatic heterocycles. The van der Waals surface area contributed by atoms with E-state index in [0.29, 0.717) is 30.0 Å². The lowest BCUT2D eigenvalue weighted by Gasteiger charge is -2.58. The maximum absolute atomic E-state index is 12.9. The molecule has 4 N–H and O–H groups in total. The number of primary amides is 1. The molecular weight excluding hydrogens is 390 g/mol. The van der Waals surface area contributed by atoms with Crippen LogP contribution in [0.2, 0.25) is 0 Å². The molecule has 6 rings (SSSR count).